The normalized spacial score (nSPS) is 27.7. The molecule has 0 spiro atoms. The molecule has 0 amide bonds. The molecule has 2 fully saturated rings. The van der Waals surface area contributed by atoms with Crippen LogP contribution >= 0.6 is 0 Å². The summed E-state index contributed by atoms with van der Waals surface area (Å²) in [7, 11) is 0. The van der Waals surface area contributed by atoms with Gasteiger partial charge in [0.2, 0.25) is 0 Å². The van der Waals surface area contributed by atoms with E-state index in [0.29, 0.717) is 5.41 Å². The molecule has 0 aromatic heterocycles. The quantitative estimate of drug-likeness (QED) is 0.799. The van der Waals surface area contributed by atoms with E-state index in [9.17, 15) is 0 Å². The molecule has 1 heteroatoms. The summed E-state index contributed by atoms with van der Waals surface area (Å²) >= 11 is 0. The highest BCUT2D eigenvalue weighted by Gasteiger charge is 2.38. The molecule has 86 valence electrons. The van der Waals surface area contributed by atoms with Gasteiger partial charge in [-0.05, 0) is 54.7 Å². The van der Waals surface area contributed by atoms with Crippen LogP contribution in [0.4, 0.5) is 0 Å². The Balaban J connectivity index is 1.76. The van der Waals surface area contributed by atoms with Crippen molar-refractivity contribution >= 4 is 0 Å². The lowest BCUT2D eigenvalue weighted by Crippen LogP contribution is -2.28. The van der Waals surface area contributed by atoms with E-state index in [-0.39, 0.29) is 0 Å². The smallest absolute Gasteiger partial charge is 0.00201 e. The zero-order valence-electron chi connectivity index (χ0n) is 10.1. The Morgan fingerprint density at radius 3 is 2.50 bits per heavy atom. The van der Waals surface area contributed by atoms with Crippen molar-refractivity contribution in [3.05, 3.63) is 35.4 Å². The monoisotopic (exact) mass is 215 g/mol. The minimum atomic E-state index is 0.517. The summed E-state index contributed by atoms with van der Waals surface area (Å²) in [4.78, 5) is 0. The second-order valence-corrected chi connectivity index (χ2v) is 5.73. The molecule has 1 nitrogen and oxygen atoms in total. The average molecular weight is 215 g/mol. The van der Waals surface area contributed by atoms with Crippen LogP contribution < -0.4 is 5.32 Å². The second kappa shape index (κ2) is 3.89. The molecule has 0 bridgehead atoms. The van der Waals surface area contributed by atoms with E-state index in [1.54, 1.807) is 5.56 Å². The van der Waals surface area contributed by atoms with Gasteiger partial charge < -0.3 is 5.32 Å². The third kappa shape index (κ3) is 1.89. The summed E-state index contributed by atoms with van der Waals surface area (Å²) in [6.45, 7) is 4.74. The standard InChI is InChI=1S/C15H21N/c1-15(8-9-15)14-6-4-12(5-7-14)13-3-2-10-16-11-13/h4-7,13,16H,2-3,8-11H2,1H3. The van der Waals surface area contributed by atoms with Crippen LogP contribution in [0.5, 0.6) is 0 Å². The first-order chi connectivity index (χ1) is 7.78. The molecule has 1 aromatic rings. The van der Waals surface area contributed by atoms with E-state index in [0.717, 1.165) is 12.5 Å². The van der Waals surface area contributed by atoms with Crippen molar-refractivity contribution in [3.63, 3.8) is 0 Å². The molecule has 3 rings (SSSR count). The van der Waals surface area contributed by atoms with E-state index in [1.807, 2.05) is 0 Å². The van der Waals surface area contributed by atoms with Gasteiger partial charge in [-0.3, -0.25) is 0 Å². The third-order valence-corrected chi connectivity index (χ3v) is 4.38. The van der Waals surface area contributed by atoms with Gasteiger partial charge in [-0.2, -0.15) is 0 Å². The summed E-state index contributed by atoms with van der Waals surface area (Å²) in [5.41, 5.74) is 3.59. The number of hydrogen-bond acceptors (Lipinski definition) is 1. The first-order valence-electron chi connectivity index (χ1n) is 6.59. The van der Waals surface area contributed by atoms with Crippen molar-refractivity contribution in [2.24, 2.45) is 0 Å². The SMILES string of the molecule is CC1(c2ccc(C3CCCNC3)cc2)CC1. The molecule has 1 N–H and O–H groups in total. The van der Waals surface area contributed by atoms with Crippen LogP contribution in [0.25, 0.3) is 0 Å². The number of rotatable bonds is 2. The lowest BCUT2D eigenvalue weighted by atomic mass is 9.89. The maximum Gasteiger partial charge on any atom is 0.00201 e. The first-order valence-corrected chi connectivity index (χ1v) is 6.59. The van der Waals surface area contributed by atoms with E-state index in [2.05, 4.69) is 36.5 Å². The van der Waals surface area contributed by atoms with Crippen molar-refractivity contribution in [1.29, 1.82) is 0 Å². The molecular weight excluding hydrogens is 194 g/mol. The van der Waals surface area contributed by atoms with Crippen LogP contribution in [0.2, 0.25) is 0 Å². The molecule has 1 heterocycles. The Kier molecular flexibility index (Phi) is 2.51. The molecule has 1 saturated heterocycles. The zero-order valence-corrected chi connectivity index (χ0v) is 10.1. The van der Waals surface area contributed by atoms with Gasteiger partial charge in [0.25, 0.3) is 0 Å². The highest BCUT2D eigenvalue weighted by atomic mass is 14.9. The van der Waals surface area contributed by atoms with Crippen molar-refractivity contribution < 1.29 is 0 Å². The molecule has 0 radical (unpaired) electrons. The van der Waals surface area contributed by atoms with Crippen LogP contribution in [0.3, 0.4) is 0 Å². The van der Waals surface area contributed by atoms with E-state index < -0.39 is 0 Å². The Morgan fingerprint density at radius 1 is 1.19 bits per heavy atom. The Labute approximate surface area is 98.3 Å². The summed E-state index contributed by atoms with van der Waals surface area (Å²) < 4.78 is 0. The minimum absolute atomic E-state index is 0.517. The van der Waals surface area contributed by atoms with E-state index >= 15 is 0 Å². The molecule has 16 heavy (non-hydrogen) atoms. The van der Waals surface area contributed by atoms with Crippen molar-refractivity contribution in [2.75, 3.05) is 13.1 Å². The van der Waals surface area contributed by atoms with E-state index in [4.69, 9.17) is 0 Å². The zero-order chi connectivity index (χ0) is 11.0. The summed E-state index contributed by atoms with van der Waals surface area (Å²) in [5.74, 6) is 0.745. The second-order valence-electron chi connectivity index (χ2n) is 5.73. The maximum absolute atomic E-state index is 3.49. The Bertz CT molecular complexity index is 356. The largest absolute Gasteiger partial charge is 0.316 e. The molecule has 1 aliphatic carbocycles. The Hall–Kier alpha value is -0.820. The van der Waals surface area contributed by atoms with Gasteiger partial charge >= 0.3 is 0 Å². The molecule has 1 saturated carbocycles. The van der Waals surface area contributed by atoms with Gasteiger partial charge in [0.05, 0.1) is 0 Å². The van der Waals surface area contributed by atoms with Gasteiger partial charge in [-0.15, -0.1) is 0 Å². The van der Waals surface area contributed by atoms with Crippen LogP contribution in [-0.4, -0.2) is 13.1 Å². The van der Waals surface area contributed by atoms with Gasteiger partial charge in [-0.1, -0.05) is 31.2 Å². The summed E-state index contributed by atoms with van der Waals surface area (Å²) in [6, 6.07) is 9.43. The number of nitrogens with one attached hydrogen (secondary N) is 1. The Morgan fingerprint density at radius 2 is 1.94 bits per heavy atom. The molecular formula is C15H21N. The molecule has 1 unspecified atom stereocenters. The first kappa shape index (κ1) is 10.3. The highest BCUT2D eigenvalue weighted by Crippen LogP contribution is 2.47. The third-order valence-electron chi connectivity index (χ3n) is 4.38. The van der Waals surface area contributed by atoms with Crippen LogP contribution in [0, 0.1) is 0 Å². The van der Waals surface area contributed by atoms with Crippen molar-refractivity contribution in [1.82, 2.24) is 5.32 Å². The fraction of sp³-hybridized carbons (Fsp3) is 0.600. The fourth-order valence-corrected chi connectivity index (χ4v) is 2.77. The van der Waals surface area contributed by atoms with Crippen molar-refractivity contribution in [3.8, 4) is 0 Å². The molecule has 1 aromatic carbocycles. The highest BCUT2D eigenvalue weighted by molar-refractivity contribution is 5.34. The maximum atomic E-state index is 3.49. The van der Waals surface area contributed by atoms with E-state index in [1.165, 1.54) is 37.8 Å². The molecule has 1 aliphatic heterocycles. The summed E-state index contributed by atoms with van der Waals surface area (Å²) in [5, 5.41) is 3.49. The topological polar surface area (TPSA) is 12.0 Å². The van der Waals surface area contributed by atoms with Gasteiger partial charge in [0, 0.05) is 6.54 Å². The van der Waals surface area contributed by atoms with Gasteiger partial charge in [-0.25, -0.2) is 0 Å². The van der Waals surface area contributed by atoms with Crippen LogP contribution in [-0.2, 0) is 5.41 Å². The number of piperidine rings is 1. The predicted molar refractivity (Wildman–Crippen MR) is 67.9 cm³/mol. The number of hydrogen-bond donors (Lipinski definition) is 1. The van der Waals surface area contributed by atoms with Crippen molar-refractivity contribution in [2.45, 2.75) is 43.9 Å². The number of benzene rings is 1. The lowest BCUT2D eigenvalue weighted by Gasteiger charge is -2.23. The fourth-order valence-electron chi connectivity index (χ4n) is 2.77. The van der Waals surface area contributed by atoms with Gasteiger partial charge in [0.1, 0.15) is 0 Å². The molecule has 1 atom stereocenters. The van der Waals surface area contributed by atoms with Crippen LogP contribution in [0.15, 0.2) is 24.3 Å². The summed E-state index contributed by atoms with van der Waals surface area (Å²) in [6.07, 6.45) is 5.42. The minimum Gasteiger partial charge on any atom is -0.316 e. The lowest BCUT2D eigenvalue weighted by molar-refractivity contribution is 0.461. The predicted octanol–water partition coefficient (Wildman–Crippen LogP) is 3.21. The molecule has 2 aliphatic rings. The average Bonchev–Trinajstić information content (AvgIpc) is 3.10. The van der Waals surface area contributed by atoms with Gasteiger partial charge in [0.15, 0.2) is 0 Å². The van der Waals surface area contributed by atoms with Crippen LogP contribution in [0.1, 0.15) is 49.7 Å².